The highest BCUT2D eigenvalue weighted by Crippen LogP contribution is 2.30. The van der Waals surface area contributed by atoms with Crippen molar-refractivity contribution < 1.29 is 0 Å². The first kappa shape index (κ1) is 10.5. The Balaban J connectivity index is 2.40. The van der Waals surface area contributed by atoms with Crippen LogP contribution in [0.1, 0.15) is 0 Å². The van der Waals surface area contributed by atoms with Crippen molar-refractivity contribution >= 4 is 45.3 Å². The molecule has 0 saturated heterocycles. The largest absolute Gasteiger partial charge is 0.377 e. The topological polar surface area (TPSA) is 83.3 Å². The van der Waals surface area contributed by atoms with E-state index in [1.165, 1.54) is 0 Å². The van der Waals surface area contributed by atoms with Crippen LogP contribution in [0.2, 0.25) is 5.02 Å². The highest BCUT2D eigenvalue weighted by Gasteiger charge is 2.18. The van der Waals surface area contributed by atoms with Crippen LogP contribution < -0.4 is 16.6 Å². The molecule has 2 aromatic rings. The first-order valence-electron chi connectivity index (χ1n) is 4.78. The van der Waals surface area contributed by atoms with Gasteiger partial charge in [0, 0.05) is 5.39 Å². The third-order valence-corrected chi connectivity index (χ3v) is 3.64. The van der Waals surface area contributed by atoms with Gasteiger partial charge in [0.05, 0.1) is 10.5 Å². The predicted molar refractivity (Wildman–Crippen MR) is 70.7 cm³/mol. The van der Waals surface area contributed by atoms with Crippen molar-refractivity contribution in [2.24, 2.45) is 10.8 Å². The van der Waals surface area contributed by atoms with Crippen molar-refractivity contribution in [3.8, 4) is 0 Å². The van der Waals surface area contributed by atoms with Crippen molar-refractivity contribution in [2.45, 2.75) is 4.90 Å². The summed E-state index contributed by atoms with van der Waals surface area (Å²) < 4.78 is 0. The Kier molecular flexibility index (Phi) is 2.27. The number of fused-ring (bicyclic) bond motifs is 2. The third-order valence-electron chi connectivity index (χ3n) is 2.43. The number of nitrogens with one attached hydrogen (secondary N) is 2. The number of halogens is 1. The summed E-state index contributed by atoms with van der Waals surface area (Å²) in [5.41, 5.74) is 8.76. The maximum Gasteiger partial charge on any atom is 0.205 e. The summed E-state index contributed by atoms with van der Waals surface area (Å²) in [6, 6.07) is 5.19. The summed E-state index contributed by atoms with van der Waals surface area (Å²) >= 11 is 7.17. The van der Waals surface area contributed by atoms with Crippen LogP contribution in [0.5, 0.6) is 0 Å². The minimum absolute atomic E-state index is 0.105. The molecule has 1 aliphatic rings. The zero-order valence-corrected chi connectivity index (χ0v) is 10.0. The quantitative estimate of drug-likeness (QED) is 0.680. The molecule has 2 heterocycles. The Morgan fingerprint density at radius 3 is 3.06 bits per heavy atom. The van der Waals surface area contributed by atoms with Crippen LogP contribution in [0.25, 0.3) is 10.9 Å². The van der Waals surface area contributed by atoms with E-state index < -0.39 is 0 Å². The second-order valence-electron chi connectivity index (χ2n) is 3.48. The van der Waals surface area contributed by atoms with Crippen LogP contribution >= 0.6 is 23.4 Å². The van der Waals surface area contributed by atoms with Gasteiger partial charge in [-0.05, 0) is 23.9 Å². The maximum atomic E-state index is 12.2. The van der Waals surface area contributed by atoms with Crippen LogP contribution in [0.15, 0.2) is 33.0 Å². The standard InChI is InChI=1S/C10H7ClN4OS/c11-5-3-1-2-4-6(5)13-9-8(7(4)16)17-10(12)15-14-9/h1-3H,(H2,12,15)(H2,13,14,16). The zero-order chi connectivity index (χ0) is 12.0. The fourth-order valence-corrected chi connectivity index (χ4v) is 2.60. The van der Waals surface area contributed by atoms with E-state index in [2.05, 4.69) is 15.5 Å². The van der Waals surface area contributed by atoms with E-state index in [0.717, 1.165) is 11.8 Å². The van der Waals surface area contributed by atoms with Gasteiger partial charge in [0.2, 0.25) is 5.43 Å². The van der Waals surface area contributed by atoms with Crippen molar-refractivity contribution in [3.05, 3.63) is 33.4 Å². The molecule has 1 aromatic carbocycles. The molecule has 4 N–H and O–H groups in total. The summed E-state index contributed by atoms with van der Waals surface area (Å²) in [7, 11) is 0. The molecule has 0 bridgehead atoms. The Bertz CT molecular complexity index is 709. The van der Waals surface area contributed by atoms with E-state index >= 15 is 0 Å². The number of hydrogen-bond donors (Lipinski definition) is 3. The molecule has 0 fully saturated rings. The summed E-state index contributed by atoms with van der Waals surface area (Å²) in [5, 5.41) is 5.19. The van der Waals surface area contributed by atoms with Gasteiger partial charge in [-0.1, -0.05) is 17.7 Å². The molecule has 0 radical (unpaired) electrons. The lowest BCUT2D eigenvalue weighted by molar-refractivity contribution is 1.17. The maximum absolute atomic E-state index is 12.2. The molecule has 0 unspecified atom stereocenters. The number of H-pyrrole nitrogens is 1. The first-order valence-corrected chi connectivity index (χ1v) is 5.98. The Morgan fingerprint density at radius 1 is 1.41 bits per heavy atom. The van der Waals surface area contributed by atoms with Gasteiger partial charge in [0.1, 0.15) is 10.7 Å². The van der Waals surface area contributed by atoms with Crippen LogP contribution in [-0.2, 0) is 0 Å². The SMILES string of the molecule is NC1=NNc2[nH]c3c(Cl)cccc3c(=O)c2S1. The number of pyridine rings is 1. The van der Waals surface area contributed by atoms with Crippen LogP contribution in [0, 0.1) is 0 Å². The smallest absolute Gasteiger partial charge is 0.205 e. The molecule has 0 aliphatic carbocycles. The summed E-state index contributed by atoms with van der Waals surface area (Å²) in [6.45, 7) is 0. The van der Waals surface area contributed by atoms with E-state index in [9.17, 15) is 4.79 Å². The summed E-state index contributed by atoms with van der Waals surface area (Å²) in [5.74, 6) is 0.523. The number of nitrogens with zero attached hydrogens (tertiary/aromatic N) is 1. The molecule has 7 heteroatoms. The van der Waals surface area contributed by atoms with Gasteiger partial charge in [-0.15, -0.1) is 5.10 Å². The molecular formula is C10H7ClN4OS. The highest BCUT2D eigenvalue weighted by atomic mass is 35.5. The lowest BCUT2D eigenvalue weighted by atomic mass is 10.2. The lowest BCUT2D eigenvalue weighted by Gasteiger charge is -2.14. The number of hydrazone groups is 1. The van der Waals surface area contributed by atoms with Crippen molar-refractivity contribution in [2.75, 3.05) is 5.43 Å². The van der Waals surface area contributed by atoms with E-state index in [-0.39, 0.29) is 5.43 Å². The first-order chi connectivity index (χ1) is 8.16. The van der Waals surface area contributed by atoms with Gasteiger partial charge in [-0.2, -0.15) is 0 Å². The fraction of sp³-hybridized carbons (Fsp3) is 0. The van der Waals surface area contributed by atoms with Crippen molar-refractivity contribution in [1.29, 1.82) is 0 Å². The number of anilines is 1. The van der Waals surface area contributed by atoms with E-state index in [1.54, 1.807) is 18.2 Å². The van der Waals surface area contributed by atoms with E-state index in [1.807, 2.05) is 0 Å². The zero-order valence-electron chi connectivity index (χ0n) is 8.45. The average molecular weight is 267 g/mol. The second-order valence-corrected chi connectivity index (χ2v) is 4.92. The van der Waals surface area contributed by atoms with Crippen molar-refractivity contribution in [3.63, 3.8) is 0 Å². The number of benzene rings is 1. The molecule has 5 nitrogen and oxygen atoms in total. The Morgan fingerprint density at radius 2 is 2.24 bits per heavy atom. The molecule has 3 rings (SSSR count). The Labute approximate surface area is 105 Å². The van der Waals surface area contributed by atoms with E-state index in [0.29, 0.717) is 31.8 Å². The number of para-hydroxylation sites is 1. The fourth-order valence-electron chi connectivity index (χ4n) is 1.67. The number of rotatable bonds is 0. The summed E-state index contributed by atoms with van der Waals surface area (Å²) in [4.78, 5) is 15.8. The monoisotopic (exact) mass is 266 g/mol. The number of aromatic amines is 1. The Hall–Kier alpha value is -1.66. The van der Waals surface area contributed by atoms with Gasteiger partial charge in [0.15, 0.2) is 5.17 Å². The molecule has 0 saturated carbocycles. The molecule has 1 aromatic heterocycles. The predicted octanol–water partition coefficient (Wildman–Crippen LogP) is 1.93. The molecule has 17 heavy (non-hydrogen) atoms. The molecule has 1 aliphatic heterocycles. The van der Waals surface area contributed by atoms with Crippen LogP contribution in [-0.4, -0.2) is 10.2 Å². The van der Waals surface area contributed by atoms with Crippen molar-refractivity contribution in [1.82, 2.24) is 4.98 Å². The lowest BCUT2D eigenvalue weighted by Crippen LogP contribution is -2.20. The van der Waals surface area contributed by atoms with Gasteiger partial charge in [0.25, 0.3) is 0 Å². The van der Waals surface area contributed by atoms with Crippen LogP contribution in [0.3, 0.4) is 0 Å². The number of aromatic nitrogens is 1. The van der Waals surface area contributed by atoms with Gasteiger partial charge >= 0.3 is 0 Å². The number of amidine groups is 1. The minimum Gasteiger partial charge on any atom is -0.377 e. The van der Waals surface area contributed by atoms with Gasteiger partial charge in [-0.25, -0.2) is 0 Å². The normalized spacial score (nSPS) is 14.1. The highest BCUT2D eigenvalue weighted by molar-refractivity contribution is 8.14. The summed E-state index contributed by atoms with van der Waals surface area (Å²) in [6.07, 6.45) is 0. The second kappa shape index (κ2) is 3.68. The number of thioether (sulfide) groups is 1. The average Bonchev–Trinajstić information content (AvgIpc) is 2.32. The van der Waals surface area contributed by atoms with Gasteiger partial charge < -0.3 is 10.7 Å². The molecule has 0 amide bonds. The van der Waals surface area contributed by atoms with Gasteiger partial charge in [-0.3, -0.25) is 10.2 Å². The van der Waals surface area contributed by atoms with E-state index in [4.69, 9.17) is 17.3 Å². The minimum atomic E-state index is -0.105. The number of hydrogen-bond acceptors (Lipinski definition) is 5. The third kappa shape index (κ3) is 1.57. The molecular weight excluding hydrogens is 260 g/mol. The molecule has 0 spiro atoms. The molecule has 86 valence electrons. The molecule has 0 atom stereocenters. The number of nitrogens with two attached hydrogens (primary N) is 1. The van der Waals surface area contributed by atoms with Crippen LogP contribution in [0.4, 0.5) is 5.82 Å².